The molecule has 24 heavy (non-hydrogen) atoms. The van der Waals surface area contributed by atoms with E-state index in [2.05, 4.69) is 31.2 Å². The van der Waals surface area contributed by atoms with E-state index in [1.807, 2.05) is 30.3 Å². The Morgan fingerprint density at radius 2 is 1.75 bits per heavy atom. The second-order valence-corrected chi connectivity index (χ2v) is 6.72. The molecule has 1 N–H and O–H groups in total. The largest absolute Gasteiger partial charge is 0.305 e. The summed E-state index contributed by atoms with van der Waals surface area (Å²) in [6, 6.07) is 15.9. The molecule has 4 heteroatoms. The molecule has 0 aromatic heterocycles. The maximum atomic E-state index is 9.86. The molecule has 0 bridgehead atoms. The normalized spacial score (nSPS) is 30.9. The monoisotopic (exact) mass is 314 g/mol. The molecule has 1 aromatic rings. The van der Waals surface area contributed by atoms with E-state index in [-0.39, 0.29) is 11.6 Å². The maximum Gasteiger partial charge on any atom is 0.189 e. The zero-order valence-corrected chi connectivity index (χ0v) is 13.5. The summed E-state index contributed by atoms with van der Waals surface area (Å²) in [7, 11) is 0. The lowest BCUT2D eigenvalue weighted by Gasteiger charge is -2.46. The first-order valence-electron chi connectivity index (χ1n) is 8.16. The lowest BCUT2D eigenvalue weighted by molar-refractivity contribution is 0.303. The molecule has 0 saturated heterocycles. The van der Waals surface area contributed by atoms with E-state index in [4.69, 9.17) is 5.41 Å². The minimum absolute atomic E-state index is 0.0401. The van der Waals surface area contributed by atoms with Crippen LogP contribution >= 0.6 is 0 Å². The molecule has 1 aromatic carbocycles. The van der Waals surface area contributed by atoms with Crippen LogP contribution < -0.4 is 0 Å². The van der Waals surface area contributed by atoms with Gasteiger partial charge < -0.3 is 5.41 Å². The summed E-state index contributed by atoms with van der Waals surface area (Å²) >= 11 is 0. The van der Waals surface area contributed by atoms with E-state index in [0.29, 0.717) is 5.92 Å². The number of hydrogen-bond acceptors (Lipinski definition) is 4. The van der Waals surface area contributed by atoms with Crippen molar-refractivity contribution in [1.29, 1.82) is 21.2 Å². The van der Waals surface area contributed by atoms with Gasteiger partial charge in [0.2, 0.25) is 0 Å². The molecule has 3 rings (SSSR count). The van der Waals surface area contributed by atoms with Crippen molar-refractivity contribution >= 4 is 5.71 Å². The first kappa shape index (κ1) is 16.0. The average Bonchev–Trinajstić information content (AvgIpc) is 2.62. The molecule has 1 fully saturated rings. The summed E-state index contributed by atoms with van der Waals surface area (Å²) < 4.78 is 0. The van der Waals surface area contributed by atoms with Crippen LogP contribution in [0.3, 0.4) is 0 Å². The van der Waals surface area contributed by atoms with Crippen molar-refractivity contribution in [2.24, 2.45) is 23.2 Å². The fourth-order valence-electron chi connectivity index (χ4n) is 4.24. The van der Waals surface area contributed by atoms with Crippen LogP contribution in [0.5, 0.6) is 0 Å². The Hall–Kier alpha value is -2.90. The minimum atomic E-state index is -1.58. The second kappa shape index (κ2) is 5.95. The van der Waals surface area contributed by atoms with Crippen molar-refractivity contribution < 1.29 is 0 Å². The van der Waals surface area contributed by atoms with Gasteiger partial charge in [0.25, 0.3) is 0 Å². The summed E-state index contributed by atoms with van der Waals surface area (Å²) in [5, 5.41) is 37.8. The van der Waals surface area contributed by atoms with Gasteiger partial charge in [-0.15, -0.1) is 0 Å². The maximum absolute atomic E-state index is 9.86. The van der Waals surface area contributed by atoms with Gasteiger partial charge in [0, 0.05) is 5.92 Å². The summed E-state index contributed by atoms with van der Waals surface area (Å²) in [6.07, 6.45) is 3.89. The van der Waals surface area contributed by atoms with Crippen molar-refractivity contribution in [3.63, 3.8) is 0 Å². The molecular formula is C20H18N4. The summed E-state index contributed by atoms with van der Waals surface area (Å²) in [5.41, 5.74) is 0.175. The summed E-state index contributed by atoms with van der Waals surface area (Å²) in [4.78, 5) is 0. The van der Waals surface area contributed by atoms with E-state index >= 15 is 0 Å². The molecule has 0 amide bonds. The SMILES string of the molecule is C[C@@H]1C=C2C(C#N)C(=N)C(C#N)(C#N)[C@@H](c3ccccc3)[C@@H]2CC1. The Morgan fingerprint density at radius 3 is 2.33 bits per heavy atom. The molecule has 118 valence electrons. The summed E-state index contributed by atoms with van der Waals surface area (Å²) in [5.74, 6) is -0.851. The highest BCUT2D eigenvalue weighted by Gasteiger charge is 2.57. The number of hydrogen-bond donors (Lipinski definition) is 1. The number of rotatable bonds is 1. The standard InChI is InChI=1S/C20H18N4/c1-13-7-8-15-16(9-13)17(10-21)19(24)20(11-22,12-23)18(15)14-5-3-2-4-6-14/h2-6,9,13,15,17-18,24H,7-8H2,1H3/t13-,15+,17?,18-/m0/s1. The molecule has 0 radical (unpaired) electrons. The summed E-state index contributed by atoms with van der Waals surface area (Å²) in [6.45, 7) is 2.11. The molecule has 1 saturated carbocycles. The Bertz CT molecular complexity index is 802. The Balaban J connectivity index is 2.26. The third-order valence-corrected chi connectivity index (χ3v) is 5.39. The lowest BCUT2D eigenvalue weighted by atomic mass is 9.52. The van der Waals surface area contributed by atoms with Gasteiger partial charge in [-0.3, -0.25) is 0 Å². The molecule has 0 spiro atoms. The van der Waals surface area contributed by atoms with Crippen LogP contribution in [0, 0.1) is 62.6 Å². The molecule has 4 atom stereocenters. The Kier molecular flexibility index (Phi) is 3.96. The van der Waals surface area contributed by atoms with Crippen LogP contribution in [0.2, 0.25) is 0 Å². The topological polar surface area (TPSA) is 95.2 Å². The van der Waals surface area contributed by atoms with E-state index in [1.165, 1.54) is 0 Å². The Labute approximate surface area is 142 Å². The van der Waals surface area contributed by atoms with Gasteiger partial charge in [0.15, 0.2) is 5.41 Å². The molecule has 0 heterocycles. The third kappa shape index (κ3) is 2.14. The molecular weight excluding hydrogens is 296 g/mol. The lowest BCUT2D eigenvalue weighted by Crippen LogP contribution is -2.49. The number of nitrogens with zero attached hydrogens (tertiary/aromatic N) is 3. The highest BCUT2D eigenvalue weighted by molar-refractivity contribution is 6.00. The van der Waals surface area contributed by atoms with Crippen LogP contribution in [0.4, 0.5) is 0 Å². The van der Waals surface area contributed by atoms with Crippen molar-refractivity contribution in [2.75, 3.05) is 0 Å². The van der Waals surface area contributed by atoms with E-state index < -0.39 is 17.3 Å². The van der Waals surface area contributed by atoms with Crippen LogP contribution in [0.25, 0.3) is 0 Å². The third-order valence-electron chi connectivity index (χ3n) is 5.39. The average molecular weight is 314 g/mol. The molecule has 2 aliphatic carbocycles. The number of nitrogens with one attached hydrogen (secondary N) is 1. The van der Waals surface area contributed by atoms with Gasteiger partial charge in [-0.25, -0.2) is 0 Å². The quantitative estimate of drug-likeness (QED) is 0.795. The van der Waals surface area contributed by atoms with Gasteiger partial charge in [0.1, 0.15) is 5.92 Å². The fourth-order valence-corrected chi connectivity index (χ4v) is 4.24. The number of benzene rings is 1. The van der Waals surface area contributed by atoms with Crippen molar-refractivity contribution in [3.8, 4) is 18.2 Å². The first-order valence-corrected chi connectivity index (χ1v) is 8.16. The van der Waals surface area contributed by atoms with Crippen LogP contribution in [-0.2, 0) is 0 Å². The Morgan fingerprint density at radius 1 is 1.08 bits per heavy atom. The predicted octanol–water partition coefficient (Wildman–Crippen LogP) is 3.95. The van der Waals surface area contributed by atoms with Crippen molar-refractivity contribution in [2.45, 2.75) is 25.7 Å². The zero-order valence-electron chi connectivity index (χ0n) is 13.5. The predicted molar refractivity (Wildman–Crippen MR) is 89.6 cm³/mol. The number of nitriles is 3. The zero-order chi connectivity index (χ0) is 17.3. The first-order chi connectivity index (χ1) is 11.6. The van der Waals surface area contributed by atoms with Crippen LogP contribution in [0.15, 0.2) is 42.0 Å². The van der Waals surface area contributed by atoms with E-state index in [0.717, 1.165) is 24.0 Å². The molecule has 2 aliphatic rings. The van der Waals surface area contributed by atoms with E-state index in [1.54, 1.807) is 0 Å². The number of fused-ring (bicyclic) bond motifs is 1. The molecule has 1 unspecified atom stereocenters. The number of allylic oxidation sites excluding steroid dienone is 2. The van der Waals surface area contributed by atoms with Gasteiger partial charge in [0.05, 0.1) is 23.9 Å². The fraction of sp³-hybridized carbons (Fsp3) is 0.400. The minimum Gasteiger partial charge on any atom is -0.305 e. The van der Waals surface area contributed by atoms with Gasteiger partial charge >= 0.3 is 0 Å². The van der Waals surface area contributed by atoms with Gasteiger partial charge in [-0.1, -0.05) is 43.3 Å². The van der Waals surface area contributed by atoms with Gasteiger partial charge in [-0.05, 0) is 35.8 Å². The molecule has 0 aliphatic heterocycles. The van der Waals surface area contributed by atoms with Crippen LogP contribution in [0.1, 0.15) is 31.2 Å². The van der Waals surface area contributed by atoms with Crippen LogP contribution in [-0.4, -0.2) is 5.71 Å². The highest BCUT2D eigenvalue weighted by atomic mass is 14.6. The second-order valence-electron chi connectivity index (χ2n) is 6.72. The molecule has 4 nitrogen and oxygen atoms in total. The smallest absolute Gasteiger partial charge is 0.189 e. The highest BCUT2D eigenvalue weighted by Crippen LogP contribution is 2.55. The van der Waals surface area contributed by atoms with Crippen molar-refractivity contribution in [3.05, 3.63) is 47.5 Å². The van der Waals surface area contributed by atoms with Crippen molar-refractivity contribution in [1.82, 2.24) is 0 Å². The van der Waals surface area contributed by atoms with E-state index in [9.17, 15) is 15.8 Å². The van der Waals surface area contributed by atoms with Gasteiger partial charge in [-0.2, -0.15) is 15.8 Å².